The summed E-state index contributed by atoms with van der Waals surface area (Å²) in [6.07, 6.45) is 3.72. The van der Waals surface area contributed by atoms with Crippen LogP contribution in [0.1, 0.15) is 11.5 Å². The Morgan fingerprint density at radius 3 is 2.68 bits per heavy atom. The standard InChI is InChI=1S/C23H20N4O4/c1-29-18-6-4-7-19(14-18)30-15-21(28)25-20-8-3-2-5-17(20)13-22-26-23(27-31-22)16-9-11-24-12-10-16/h2-12,14H,13,15H2,1H3,(H,25,28). The van der Waals surface area contributed by atoms with Crippen molar-refractivity contribution in [3.63, 3.8) is 0 Å². The highest BCUT2D eigenvalue weighted by Crippen LogP contribution is 2.22. The Balaban J connectivity index is 1.40. The molecule has 0 radical (unpaired) electrons. The van der Waals surface area contributed by atoms with Crippen LogP contribution in [0.2, 0.25) is 0 Å². The van der Waals surface area contributed by atoms with Crippen LogP contribution in [0, 0.1) is 0 Å². The Morgan fingerprint density at radius 2 is 1.84 bits per heavy atom. The second-order valence-corrected chi connectivity index (χ2v) is 6.60. The summed E-state index contributed by atoms with van der Waals surface area (Å²) in [6, 6.07) is 18.2. The maximum atomic E-state index is 12.4. The zero-order chi connectivity index (χ0) is 21.5. The van der Waals surface area contributed by atoms with Crippen molar-refractivity contribution < 1.29 is 18.8 Å². The van der Waals surface area contributed by atoms with Gasteiger partial charge in [0, 0.05) is 29.7 Å². The minimum atomic E-state index is -0.279. The second kappa shape index (κ2) is 9.53. The van der Waals surface area contributed by atoms with Crippen molar-refractivity contribution in [3.05, 3.63) is 84.5 Å². The predicted molar refractivity (Wildman–Crippen MR) is 114 cm³/mol. The molecule has 2 heterocycles. The molecule has 4 aromatic rings. The maximum absolute atomic E-state index is 12.4. The number of anilines is 1. The van der Waals surface area contributed by atoms with Crippen molar-refractivity contribution in [3.8, 4) is 22.9 Å². The summed E-state index contributed by atoms with van der Waals surface area (Å²) in [5.74, 6) is 1.87. The summed E-state index contributed by atoms with van der Waals surface area (Å²) in [7, 11) is 1.58. The molecule has 0 atom stereocenters. The molecule has 31 heavy (non-hydrogen) atoms. The first-order chi connectivity index (χ1) is 15.2. The van der Waals surface area contributed by atoms with Gasteiger partial charge >= 0.3 is 0 Å². The first-order valence-corrected chi connectivity index (χ1v) is 9.59. The van der Waals surface area contributed by atoms with Crippen LogP contribution in [0.3, 0.4) is 0 Å². The van der Waals surface area contributed by atoms with E-state index in [0.717, 1.165) is 11.1 Å². The Labute approximate surface area is 178 Å². The number of hydrogen-bond acceptors (Lipinski definition) is 7. The van der Waals surface area contributed by atoms with Crippen molar-refractivity contribution >= 4 is 11.6 Å². The second-order valence-electron chi connectivity index (χ2n) is 6.60. The molecule has 1 N–H and O–H groups in total. The molecule has 0 spiro atoms. The highest BCUT2D eigenvalue weighted by atomic mass is 16.5. The zero-order valence-corrected chi connectivity index (χ0v) is 16.8. The summed E-state index contributed by atoms with van der Waals surface area (Å²) < 4.78 is 16.1. The smallest absolute Gasteiger partial charge is 0.262 e. The number of hydrogen-bond donors (Lipinski definition) is 1. The highest BCUT2D eigenvalue weighted by Gasteiger charge is 2.13. The summed E-state index contributed by atoms with van der Waals surface area (Å²) in [5.41, 5.74) is 2.33. The van der Waals surface area contributed by atoms with Crippen molar-refractivity contribution in [2.75, 3.05) is 19.0 Å². The highest BCUT2D eigenvalue weighted by molar-refractivity contribution is 5.92. The van der Waals surface area contributed by atoms with Crippen molar-refractivity contribution in [2.45, 2.75) is 6.42 Å². The van der Waals surface area contributed by atoms with Crippen LogP contribution < -0.4 is 14.8 Å². The van der Waals surface area contributed by atoms with Gasteiger partial charge in [0.1, 0.15) is 11.5 Å². The molecule has 2 aromatic carbocycles. The van der Waals surface area contributed by atoms with Gasteiger partial charge in [-0.2, -0.15) is 4.98 Å². The Hall–Kier alpha value is -4.20. The van der Waals surface area contributed by atoms with E-state index in [4.69, 9.17) is 14.0 Å². The van der Waals surface area contributed by atoms with Gasteiger partial charge in [-0.25, -0.2) is 0 Å². The van der Waals surface area contributed by atoms with Crippen molar-refractivity contribution in [1.29, 1.82) is 0 Å². The Bertz CT molecular complexity index is 1160. The van der Waals surface area contributed by atoms with Gasteiger partial charge in [0.05, 0.1) is 13.5 Å². The minimum absolute atomic E-state index is 0.131. The van der Waals surface area contributed by atoms with E-state index in [2.05, 4.69) is 20.4 Å². The summed E-state index contributed by atoms with van der Waals surface area (Å²) in [6.45, 7) is -0.131. The number of carbonyl (C=O) groups is 1. The molecule has 0 unspecified atom stereocenters. The first kappa shape index (κ1) is 20.1. The van der Waals surface area contributed by atoms with Gasteiger partial charge < -0.3 is 19.3 Å². The number of ether oxygens (including phenoxy) is 2. The fraction of sp³-hybridized carbons (Fsp3) is 0.130. The number of benzene rings is 2. The number of aromatic nitrogens is 3. The van der Waals surface area contributed by atoms with Crippen molar-refractivity contribution in [2.24, 2.45) is 0 Å². The van der Waals surface area contributed by atoms with E-state index in [9.17, 15) is 4.79 Å². The van der Waals surface area contributed by atoms with Crippen LogP contribution in [0.5, 0.6) is 11.5 Å². The number of carbonyl (C=O) groups excluding carboxylic acids is 1. The van der Waals surface area contributed by atoms with Crippen LogP contribution in [0.15, 0.2) is 77.6 Å². The number of amides is 1. The summed E-state index contributed by atoms with van der Waals surface area (Å²) in [4.78, 5) is 20.8. The van der Waals surface area contributed by atoms with E-state index in [1.807, 2.05) is 36.4 Å². The molecular weight excluding hydrogens is 396 g/mol. The molecular formula is C23H20N4O4. The molecule has 2 aromatic heterocycles. The van der Waals surface area contributed by atoms with E-state index in [0.29, 0.717) is 35.3 Å². The summed E-state index contributed by atoms with van der Waals surface area (Å²) in [5, 5.41) is 6.89. The number of para-hydroxylation sites is 1. The normalized spacial score (nSPS) is 10.5. The van der Waals surface area contributed by atoms with E-state index < -0.39 is 0 Å². The van der Waals surface area contributed by atoms with E-state index in [-0.39, 0.29) is 12.5 Å². The molecule has 0 aliphatic rings. The van der Waals surface area contributed by atoms with Crippen LogP contribution in [0.4, 0.5) is 5.69 Å². The lowest BCUT2D eigenvalue weighted by Gasteiger charge is -2.11. The van der Waals surface area contributed by atoms with Gasteiger partial charge in [-0.1, -0.05) is 29.4 Å². The third-order valence-corrected chi connectivity index (χ3v) is 4.45. The molecule has 156 valence electrons. The molecule has 0 saturated carbocycles. The number of rotatable bonds is 8. The van der Waals surface area contributed by atoms with Gasteiger partial charge in [-0.3, -0.25) is 9.78 Å². The molecule has 0 saturated heterocycles. The van der Waals surface area contributed by atoms with E-state index in [1.54, 1.807) is 43.8 Å². The minimum Gasteiger partial charge on any atom is -0.497 e. The monoisotopic (exact) mass is 416 g/mol. The Kier molecular flexibility index (Phi) is 6.18. The lowest BCUT2D eigenvalue weighted by atomic mass is 10.1. The Morgan fingerprint density at radius 1 is 1.03 bits per heavy atom. The van der Waals surface area contributed by atoms with Crippen LogP contribution in [-0.2, 0) is 11.2 Å². The van der Waals surface area contributed by atoms with Gasteiger partial charge in [0.2, 0.25) is 11.7 Å². The van der Waals surface area contributed by atoms with Crippen LogP contribution in [0.25, 0.3) is 11.4 Å². The number of nitrogens with zero attached hydrogens (tertiary/aromatic N) is 3. The van der Waals surface area contributed by atoms with Crippen LogP contribution >= 0.6 is 0 Å². The van der Waals surface area contributed by atoms with Gasteiger partial charge in [-0.15, -0.1) is 0 Å². The average molecular weight is 416 g/mol. The quantitative estimate of drug-likeness (QED) is 0.467. The first-order valence-electron chi connectivity index (χ1n) is 9.59. The SMILES string of the molecule is COc1cccc(OCC(=O)Nc2ccccc2Cc2nc(-c3ccncc3)no2)c1. The van der Waals surface area contributed by atoms with E-state index in [1.165, 1.54) is 0 Å². The molecule has 1 amide bonds. The lowest BCUT2D eigenvalue weighted by molar-refractivity contribution is -0.118. The predicted octanol–water partition coefficient (Wildman–Crippen LogP) is 3.75. The molecule has 0 aliphatic carbocycles. The number of pyridine rings is 1. The lowest BCUT2D eigenvalue weighted by Crippen LogP contribution is -2.21. The fourth-order valence-corrected chi connectivity index (χ4v) is 2.93. The zero-order valence-electron chi connectivity index (χ0n) is 16.8. The van der Waals surface area contributed by atoms with Gasteiger partial charge in [0.25, 0.3) is 5.91 Å². The topological polar surface area (TPSA) is 99.4 Å². The third-order valence-electron chi connectivity index (χ3n) is 4.45. The number of nitrogens with one attached hydrogen (secondary N) is 1. The maximum Gasteiger partial charge on any atom is 0.262 e. The molecule has 8 nitrogen and oxygen atoms in total. The van der Waals surface area contributed by atoms with Crippen molar-refractivity contribution in [1.82, 2.24) is 15.1 Å². The summed E-state index contributed by atoms with van der Waals surface area (Å²) >= 11 is 0. The largest absolute Gasteiger partial charge is 0.497 e. The molecule has 4 rings (SSSR count). The third kappa shape index (κ3) is 5.24. The molecule has 0 bridgehead atoms. The van der Waals surface area contributed by atoms with Crippen LogP contribution in [-0.4, -0.2) is 34.7 Å². The fourth-order valence-electron chi connectivity index (χ4n) is 2.93. The number of methoxy groups -OCH3 is 1. The van der Waals surface area contributed by atoms with Gasteiger partial charge in [-0.05, 0) is 35.9 Å². The van der Waals surface area contributed by atoms with E-state index >= 15 is 0 Å². The molecule has 0 fully saturated rings. The van der Waals surface area contributed by atoms with Gasteiger partial charge in [0.15, 0.2) is 6.61 Å². The molecule has 8 heteroatoms. The average Bonchev–Trinajstić information content (AvgIpc) is 3.28. The molecule has 0 aliphatic heterocycles.